The summed E-state index contributed by atoms with van der Waals surface area (Å²) in [4.78, 5) is 4.44. The van der Waals surface area contributed by atoms with E-state index in [4.69, 9.17) is 9.26 Å². The molecule has 0 radical (unpaired) electrons. The molecule has 0 bridgehead atoms. The molecule has 0 aliphatic heterocycles. The van der Waals surface area contributed by atoms with Gasteiger partial charge in [-0.15, -0.1) is 0 Å². The quantitative estimate of drug-likeness (QED) is 0.862. The number of methoxy groups -OCH3 is 1. The lowest BCUT2D eigenvalue weighted by atomic mass is 10.1. The highest BCUT2D eigenvalue weighted by atomic mass is 16.5. The molecule has 5 heteroatoms. The Kier molecular flexibility index (Phi) is 4.65. The van der Waals surface area contributed by atoms with Crippen molar-refractivity contribution in [3.63, 3.8) is 0 Å². The Morgan fingerprint density at radius 3 is 2.89 bits per heavy atom. The molecule has 0 amide bonds. The second kappa shape index (κ2) is 6.45. The summed E-state index contributed by atoms with van der Waals surface area (Å²) < 4.78 is 10.5. The molecule has 0 aliphatic rings. The lowest BCUT2D eigenvalue weighted by Gasteiger charge is -2.05. The van der Waals surface area contributed by atoms with Gasteiger partial charge in [-0.25, -0.2) is 0 Å². The van der Waals surface area contributed by atoms with Crippen molar-refractivity contribution >= 4 is 0 Å². The Labute approximate surface area is 113 Å². The van der Waals surface area contributed by atoms with Gasteiger partial charge in [0.1, 0.15) is 0 Å². The van der Waals surface area contributed by atoms with Crippen LogP contribution in [0, 0.1) is 0 Å². The largest absolute Gasteiger partial charge is 0.380 e. The van der Waals surface area contributed by atoms with Crippen molar-refractivity contribution < 1.29 is 9.26 Å². The third-order valence-electron chi connectivity index (χ3n) is 3.00. The SMILES string of the molecule is CNC(C)Cc1noc(-c2ccccc2COC)n1. The molecule has 1 atom stereocenters. The van der Waals surface area contributed by atoms with Crippen LogP contribution in [0.1, 0.15) is 18.3 Å². The van der Waals surface area contributed by atoms with Gasteiger partial charge < -0.3 is 14.6 Å². The molecule has 2 aromatic rings. The minimum atomic E-state index is 0.319. The summed E-state index contributed by atoms with van der Waals surface area (Å²) in [5.41, 5.74) is 1.97. The summed E-state index contributed by atoms with van der Waals surface area (Å²) in [7, 11) is 3.59. The maximum absolute atomic E-state index is 5.34. The van der Waals surface area contributed by atoms with Crippen LogP contribution in [0.5, 0.6) is 0 Å². The van der Waals surface area contributed by atoms with E-state index in [9.17, 15) is 0 Å². The fourth-order valence-electron chi connectivity index (χ4n) is 1.83. The van der Waals surface area contributed by atoms with Crippen LogP contribution in [-0.4, -0.2) is 30.3 Å². The lowest BCUT2D eigenvalue weighted by molar-refractivity contribution is 0.185. The third kappa shape index (κ3) is 3.39. The molecule has 1 unspecified atom stereocenters. The number of likely N-dealkylation sites (N-methyl/N-ethyl adjacent to an activating group) is 1. The number of nitrogens with one attached hydrogen (secondary N) is 1. The summed E-state index contributed by atoms with van der Waals surface area (Å²) >= 11 is 0. The van der Waals surface area contributed by atoms with E-state index in [1.54, 1.807) is 7.11 Å². The first kappa shape index (κ1) is 13.7. The van der Waals surface area contributed by atoms with E-state index in [1.807, 2.05) is 31.3 Å². The molecule has 1 aromatic heterocycles. The van der Waals surface area contributed by atoms with Crippen molar-refractivity contribution in [2.75, 3.05) is 14.2 Å². The number of aromatic nitrogens is 2. The predicted octanol–water partition coefficient (Wildman–Crippen LogP) is 2.03. The molecule has 0 saturated heterocycles. The number of benzene rings is 1. The summed E-state index contributed by atoms with van der Waals surface area (Å²) in [6, 6.07) is 8.21. The van der Waals surface area contributed by atoms with Gasteiger partial charge in [-0.3, -0.25) is 0 Å². The van der Waals surface area contributed by atoms with Crippen LogP contribution in [0.3, 0.4) is 0 Å². The second-order valence-corrected chi connectivity index (χ2v) is 4.50. The van der Waals surface area contributed by atoms with E-state index in [0.29, 0.717) is 24.4 Å². The van der Waals surface area contributed by atoms with Gasteiger partial charge in [-0.05, 0) is 25.6 Å². The maximum Gasteiger partial charge on any atom is 0.258 e. The number of ether oxygens (including phenoxy) is 1. The molecule has 102 valence electrons. The average Bonchev–Trinajstić information content (AvgIpc) is 2.88. The zero-order valence-corrected chi connectivity index (χ0v) is 11.5. The Balaban J connectivity index is 2.22. The number of hydrogen-bond acceptors (Lipinski definition) is 5. The minimum Gasteiger partial charge on any atom is -0.380 e. The zero-order valence-electron chi connectivity index (χ0n) is 11.5. The topological polar surface area (TPSA) is 60.2 Å². The number of hydrogen-bond donors (Lipinski definition) is 1. The molecular weight excluding hydrogens is 242 g/mol. The fraction of sp³-hybridized carbons (Fsp3) is 0.429. The van der Waals surface area contributed by atoms with Crippen LogP contribution < -0.4 is 5.32 Å². The van der Waals surface area contributed by atoms with E-state index in [2.05, 4.69) is 22.4 Å². The van der Waals surface area contributed by atoms with E-state index < -0.39 is 0 Å². The smallest absolute Gasteiger partial charge is 0.258 e. The van der Waals surface area contributed by atoms with Crippen molar-refractivity contribution in [2.24, 2.45) is 0 Å². The van der Waals surface area contributed by atoms with Gasteiger partial charge in [0.15, 0.2) is 5.82 Å². The van der Waals surface area contributed by atoms with E-state index >= 15 is 0 Å². The molecule has 2 rings (SSSR count). The second-order valence-electron chi connectivity index (χ2n) is 4.50. The first-order chi connectivity index (χ1) is 9.24. The third-order valence-corrected chi connectivity index (χ3v) is 3.00. The summed E-state index contributed by atoms with van der Waals surface area (Å²) in [5, 5.41) is 7.17. The summed E-state index contributed by atoms with van der Waals surface area (Å²) in [6.07, 6.45) is 0.743. The van der Waals surface area contributed by atoms with Crippen LogP contribution in [0.15, 0.2) is 28.8 Å². The molecule has 1 N–H and O–H groups in total. The van der Waals surface area contributed by atoms with E-state index in [1.165, 1.54) is 0 Å². The maximum atomic E-state index is 5.34. The van der Waals surface area contributed by atoms with Crippen LogP contribution in [0.2, 0.25) is 0 Å². The van der Waals surface area contributed by atoms with Crippen LogP contribution in [0.25, 0.3) is 11.5 Å². The van der Waals surface area contributed by atoms with Crippen molar-refractivity contribution in [3.05, 3.63) is 35.7 Å². The molecule has 0 spiro atoms. The Hall–Kier alpha value is -1.72. The summed E-state index contributed by atoms with van der Waals surface area (Å²) in [6.45, 7) is 2.61. The van der Waals surface area contributed by atoms with E-state index in [0.717, 1.165) is 17.5 Å². The zero-order chi connectivity index (χ0) is 13.7. The molecule has 0 saturated carbocycles. The van der Waals surface area contributed by atoms with Crippen molar-refractivity contribution in [1.29, 1.82) is 0 Å². The normalized spacial score (nSPS) is 12.6. The molecule has 19 heavy (non-hydrogen) atoms. The standard InChI is InChI=1S/C14H19N3O2/c1-10(15-2)8-13-16-14(19-17-13)12-7-5-4-6-11(12)9-18-3/h4-7,10,15H,8-9H2,1-3H3. The summed E-state index contributed by atoms with van der Waals surface area (Å²) in [5.74, 6) is 1.26. The molecule has 0 aliphatic carbocycles. The van der Waals surface area contributed by atoms with Crippen molar-refractivity contribution in [1.82, 2.24) is 15.5 Å². The predicted molar refractivity (Wildman–Crippen MR) is 72.7 cm³/mol. The average molecular weight is 261 g/mol. The van der Waals surface area contributed by atoms with Gasteiger partial charge in [0.25, 0.3) is 5.89 Å². The fourth-order valence-corrected chi connectivity index (χ4v) is 1.83. The highest BCUT2D eigenvalue weighted by molar-refractivity contribution is 5.58. The molecule has 5 nitrogen and oxygen atoms in total. The molecule has 1 heterocycles. The van der Waals surface area contributed by atoms with Gasteiger partial charge in [-0.1, -0.05) is 23.4 Å². The lowest BCUT2D eigenvalue weighted by Crippen LogP contribution is -2.24. The monoisotopic (exact) mass is 261 g/mol. The van der Waals surface area contributed by atoms with Gasteiger partial charge in [0.05, 0.1) is 6.61 Å². The molecule has 1 aromatic carbocycles. The first-order valence-electron chi connectivity index (χ1n) is 6.31. The highest BCUT2D eigenvalue weighted by Gasteiger charge is 2.13. The first-order valence-corrected chi connectivity index (χ1v) is 6.31. The van der Waals surface area contributed by atoms with Crippen LogP contribution in [-0.2, 0) is 17.8 Å². The minimum absolute atomic E-state index is 0.319. The van der Waals surface area contributed by atoms with Crippen LogP contribution in [0.4, 0.5) is 0 Å². The van der Waals surface area contributed by atoms with Crippen molar-refractivity contribution in [2.45, 2.75) is 26.0 Å². The number of rotatable bonds is 6. The van der Waals surface area contributed by atoms with Gasteiger partial charge >= 0.3 is 0 Å². The number of nitrogens with zero attached hydrogens (tertiary/aromatic N) is 2. The Morgan fingerprint density at radius 1 is 1.37 bits per heavy atom. The Bertz CT molecular complexity index is 525. The molecule has 0 fully saturated rings. The van der Waals surface area contributed by atoms with Crippen molar-refractivity contribution in [3.8, 4) is 11.5 Å². The van der Waals surface area contributed by atoms with Gasteiger partial charge in [-0.2, -0.15) is 4.98 Å². The van der Waals surface area contributed by atoms with Crippen LogP contribution >= 0.6 is 0 Å². The van der Waals surface area contributed by atoms with Gasteiger partial charge in [0, 0.05) is 25.1 Å². The van der Waals surface area contributed by atoms with Gasteiger partial charge in [0.2, 0.25) is 0 Å². The molecular formula is C14H19N3O2. The van der Waals surface area contributed by atoms with E-state index in [-0.39, 0.29) is 0 Å². The highest BCUT2D eigenvalue weighted by Crippen LogP contribution is 2.22. The Morgan fingerprint density at radius 2 is 2.16 bits per heavy atom.